The Morgan fingerprint density at radius 3 is 2.82 bits per heavy atom. The van der Waals surface area contributed by atoms with Crippen LogP contribution in [0.2, 0.25) is 0 Å². The van der Waals surface area contributed by atoms with Gasteiger partial charge in [-0.3, -0.25) is 0 Å². The van der Waals surface area contributed by atoms with Gasteiger partial charge in [-0.25, -0.2) is 0 Å². The lowest BCUT2D eigenvalue weighted by atomic mass is 9.96. The van der Waals surface area contributed by atoms with Gasteiger partial charge in [0, 0.05) is 11.1 Å². The zero-order valence-electron chi connectivity index (χ0n) is 16.4. The molecule has 2 saturated heterocycles. The van der Waals surface area contributed by atoms with Gasteiger partial charge >= 0.3 is 0 Å². The maximum absolute atomic E-state index is 10.4. The van der Waals surface area contributed by atoms with E-state index in [1.54, 1.807) is 6.08 Å². The average Bonchev–Trinajstić information content (AvgIpc) is 2.73. The van der Waals surface area contributed by atoms with Crippen molar-refractivity contribution in [2.75, 3.05) is 13.2 Å². The molecule has 2 heterocycles. The molecule has 154 valence electrons. The minimum atomic E-state index is -1.09. The van der Waals surface area contributed by atoms with Crippen LogP contribution in [-0.2, 0) is 18.9 Å². The summed E-state index contributed by atoms with van der Waals surface area (Å²) in [6, 6.07) is 0. The van der Waals surface area contributed by atoms with E-state index in [0.717, 1.165) is 17.6 Å². The Balaban J connectivity index is 1.78. The number of rotatable bonds is 6. The highest BCUT2D eigenvalue weighted by molar-refractivity contribution is 5.27. The van der Waals surface area contributed by atoms with Crippen molar-refractivity contribution in [1.29, 1.82) is 0 Å². The molecule has 28 heavy (non-hydrogen) atoms. The lowest BCUT2D eigenvalue weighted by Gasteiger charge is -2.47. The highest BCUT2D eigenvalue weighted by Crippen LogP contribution is 2.34. The Morgan fingerprint density at radius 2 is 2.18 bits per heavy atom. The van der Waals surface area contributed by atoms with E-state index in [1.165, 1.54) is 0 Å². The summed E-state index contributed by atoms with van der Waals surface area (Å²) < 4.78 is 24.1. The number of ether oxygens (including phenoxy) is 4. The van der Waals surface area contributed by atoms with Gasteiger partial charge in [0.1, 0.15) is 24.4 Å². The fourth-order valence-corrected chi connectivity index (χ4v) is 3.48. The monoisotopic (exact) mass is 390 g/mol. The molecule has 2 aliphatic heterocycles. The Labute approximate surface area is 166 Å². The third kappa shape index (κ3) is 4.71. The molecule has 2 N–H and O–H groups in total. The van der Waals surface area contributed by atoms with Crippen LogP contribution < -0.4 is 0 Å². The normalized spacial score (nSPS) is 37.4. The molecule has 0 saturated carbocycles. The van der Waals surface area contributed by atoms with Crippen molar-refractivity contribution in [3.8, 4) is 0 Å². The van der Waals surface area contributed by atoms with Crippen molar-refractivity contribution >= 4 is 0 Å². The van der Waals surface area contributed by atoms with Gasteiger partial charge < -0.3 is 29.2 Å². The third-order valence-corrected chi connectivity index (χ3v) is 5.13. The minimum absolute atomic E-state index is 0.290. The summed E-state index contributed by atoms with van der Waals surface area (Å²) in [4.78, 5) is 0. The summed E-state index contributed by atoms with van der Waals surface area (Å²) in [5, 5.41) is 19.9. The Bertz CT molecular complexity index is 664. The van der Waals surface area contributed by atoms with Crippen LogP contribution in [0.5, 0.6) is 0 Å². The van der Waals surface area contributed by atoms with Gasteiger partial charge in [0.15, 0.2) is 12.6 Å². The van der Waals surface area contributed by atoms with E-state index >= 15 is 0 Å². The van der Waals surface area contributed by atoms with Gasteiger partial charge in [0.05, 0.1) is 13.2 Å². The fraction of sp³-hybridized carbons (Fsp3) is 0.545. The van der Waals surface area contributed by atoms with E-state index in [0.29, 0.717) is 5.92 Å². The predicted octanol–water partition coefficient (Wildman–Crippen LogP) is 2.40. The van der Waals surface area contributed by atoms with Crippen molar-refractivity contribution in [3.05, 3.63) is 60.3 Å². The maximum Gasteiger partial charge on any atom is 0.184 e. The molecule has 0 aromatic heterocycles. The zero-order valence-corrected chi connectivity index (χ0v) is 16.4. The van der Waals surface area contributed by atoms with Gasteiger partial charge in [-0.2, -0.15) is 0 Å². The van der Waals surface area contributed by atoms with E-state index in [4.69, 9.17) is 18.9 Å². The molecular weight excluding hydrogens is 360 g/mol. The highest BCUT2D eigenvalue weighted by Gasteiger charge is 2.48. The molecule has 3 aliphatic rings. The molecule has 0 bridgehead atoms. The first-order valence-electron chi connectivity index (χ1n) is 9.77. The second-order valence-electron chi connectivity index (χ2n) is 7.30. The Morgan fingerprint density at radius 1 is 1.36 bits per heavy atom. The fourth-order valence-electron chi connectivity index (χ4n) is 3.48. The van der Waals surface area contributed by atoms with Crippen LogP contribution in [0.25, 0.3) is 0 Å². The Kier molecular flexibility index (Phi) is 7.40. The van der Waals surface area contributed by atoms with Crippen molar-refractivity contribution in [2.24, 2.45) is 5.92 Å². The van der Waals surface area contributed by atoms with E-state index in [9.17, 15) is 10.2 Å². The standard InChI is InChI=1S/C22H30O6/c1-4-6-7-15(5-2)21-25-13-18-20(28-21)19(17(24)12-23)27-22(26-18)16-10-8-14(3)9-11-16/h4-8,10-11,14,17-24H,2,9,12-13H2,1,3H3/b6-4-,15-7+. The molecule has 0 spiro atoms. The van der Waals surface area contributed by atoms with Crippen LogP contribution in [-0.4, -0.2) is 60.4 Å². The predicted molar refractivity (Wildman–Crippen MR) is 105 cm³/mol. The van der Waals surface area contributed by atoms with Gasteiger partial charge in [0.25, 0.3) is 0 Å². The number of hydrogen-bond donors (Lipinski definition) is 2. The van der Waals surface area contributed by atoms with Crippen molar-refractivity contribution < 1.29 is 29.2 Å². The molecular formula is C22H30O6. The summed E-state index contributed by atoms with van der Waals surface area (Å²) in [6.07, 6.45) is 10.3. The third-order valence-electron chi connectivity index (χ3n) is 5.13. The molecule has 0 amide bonds. The first-order valence-corrected chi connectivity index (χ1v) is 9.77. The summed E-state index contributed by atoms with van der Waals surface area (Å²) in [5.41, 5.74) is 1.68. The van der Waals surface area contributed by atoms with Crippen LogP contribution in [0, 0.1) is 5.92 Å². The molecule has 2 fully saturated rings. The second-order valence-corrected chi connectivity index (χ2v) is 7.30. The van der Waals surface area contributed by atoms with Crippen LogP contribution in [0.1, 0.15) is 20.3 Å². The molecule has 7 unspecified atom stereocenters. The van der Waals surface area contributed by atoms with Gasteiger partial charge in [-0.05, 0) is 19.3 Å². The molecule has 0 radical (unpaired) electrons. The number of hydrogen-bond acceptors (Lipinski definition) is 6. The van der Waals surface area contributed by atoms with Crippen molar-refractivity contribution in [3.63, 3.8) is 0 Å². The number of aliphatic hydroxyl groups is 2. The molecule has 7 atom stereocenters. The summed E-state index contributed by atoms with van der Waals surface area (Å²) in [5.74, 6) is 0.474. The lowest BCUT2D eigenvalue weighted by Crippen LogP contribution is -2.61. The smallest absolute Gasteiger partial charge is 0.184 e. The van der Waals surface area contributed by atoms with Gasteiger partial charge in [-0.15, -0.1) is 0 Å². The topological polar surface area (TPSA) is 77.4 Å². The van der Waals surface area contributed by atoms with Gasteiger partial charge in [0.2, 0.25) is 0 Å². The zero-order chi connectivity index (χ0) is 20.1. The van der Waals surface area contributed by atoms with Crippen LogP contribution in [0.4, 0.5) is 0 Å². The van der Waals surface area contributed by atoms with Crippen molar-refractivity contribution in [1.82, 2.24) is 0 Å². The van der Waals surface area contributed by atoms with E-state index in [-0.39, 0.29) is 6.61 Å². The number of aliphatic hydroxyl groups excluding tert-OH is 2. The summed E-state index contributed by atoms with van der Waals surface area (Å²) in [6.45, 7) is 7.74. The van der Waals surface area contributed by atoms with E-state index < -0.39 is 43.6 Å². The molecule has 0 aromatic carbocycles. The SMILES string of the molecule is C=C/C(=C\C=C/C)C1OCC2OC(C3=CCC(C)C=C3)OC(C(O)CO)C2O1. The molecule has 6 nitrogen and oxygen atoms in total. The second kappa shape index (κ2) is 9.78. The van der Waals surface area contributed by atoms with E-state index in [1.807, 2.05) is 31.2 Å². The highest BCUT2D eigenvalue weighted by atomic mass is 16.8. The maximum atomic E-state index is 10.4. The van der Waals surface area contributed by atoms with E-state index in [2.05, 4.69) is 25.7 Å². The Hall–Kier alpha value is -1.54. The largest absolute Gasteiger partial charge is 0.394 e. The molecule has 6 heteroatoms. The quantitative estimate of drug-likeness (QED) is 0.678. The molecule has 3 rings (SSSR count). The molecule has 1 aliphatic carbocycles. The summed E-state index contributed by atoms with van der Waals surface area (Å²) in [7, 11) is 0. The lowest BCUT2D eigenvalue weighted by molar-refractivity contribution is -0.353. The molecule has 0 aromatic rings. The first-order chi connectivity index (χ1) is 13.6. The number of fused-ring (bicyclic) bond motifs is 1. The van der Waals surface area contributed by atoms with Gasteiger partial charge in [-0.1, -0.05) is 56.0 Å². The van der Waals surface area contributed by atoms with Crippen LogP contribution >= 0.6 is 0 Å². The average molecular weight is 390 g/mol. The minimum Gasteiger partial charge on any atom is -0.394 e. The summed E-state index contributed by atoms with van der Waals surface area (Å²) >= 11 is 0. The van der Waals surface area contributed by atoms with Crippen LogP contribution in [0.15, 0.2) is 60.3 Å². The number of allylic oxidation sites excluding steroid dienone is 5. The van der Waals surface area contributed by atoms with Crippen LogP contribution in [0.3, 0.4) is 0 Å². The van der Waals surface area contributed by atoms with Crippen molar-refractivity contribution in [2.45, 2.75) is 57.3 Å². The first kappa shape index (κ1) is 21.2.